The Balaban J connectivity index is 1.27. The van der Waals surface area contributed by atoms with Crippen LogP contribution in [0.2, 0.25) is 0 Å². The molecule has 2 heterocycles. The van der Waals surface area contributed by atoms with Crippen molar-refractivity contribution < 1.29 is 4.74 Å². The van der Waals surface area contributed by atoms with Gasteiger partial charge in [0.2, 0.25) is 0 Å². The molecule has 28 heavy (non-hydrogen) atoms. The molecule has 1 aliphatic heterocycles. The van der Waals surface area contributed by atoms with Crippen LogP contribution in [0.1, 0.15) is 49.7 Å². The molecular weight excluding hydrogens is 344 g/mol. The number of aromatic nitrogens is 1. The topological polar surface area (TPSA) is 28.3 Å². The van der Waals surface area contributed by atoms with E-state index in [1.807, 2.05) is 13.0 Å². The van der Waals surface area contributed by atoms with E-state index < -0.39 is 0 Å². The summed E-state index contributed by atoms with van der Waals surface area (Å²) in [6.07, 6.45) is 8.45. The van der Waals surface area contributed by atoms with Crippen molar-refractivity contribution >= 4 is 10.9 Å². The van der Waals surface area contributed by atoms with Crippen LogP contribution in [0.15, 0.2) is 54.7 Å². The maximum atomic E-state index is 5.67. The summed E-state index contributed by atoms with van der Waals surface area (Å²) in [7, 11) is 0. The van der Waals surface area contributed by atoms with Gasteiger partial charge in [-0.05, 0) is 87.4 Å². The van der Waals surface area contributed by atoms with Crippen molar-refractivity contribution in [2.75, 3.05) is 26.2 Å². The zero-order chi connectivity index (χ0) is 19.2. The van der Waals surface area contributed by atoms with Gasteiger partial charge < -0.3 is 14.6 Å². The number of ether oxygens (including phenoxy) is 1. The third-order valence-corrected chi connectivity index (χ3v) is 6.00. The van der Waals surface area contributed by atoms with Crippen LogP contribution in [0.3, 0.4) is 0 Å². The maximum Gasteiger partial charge on any atom is 0.120 e. The molecule has 0 saturated carbocycles. The summed E-state index contributed by atoms with van der Waals surface area (Å²) in [5, 5.41) is 1.31. The zero-order valence-corrected chi connectivity index (χ0v) is 17.0. The first-order chi connectivity index (χ1) is 13.8. The van der Waals surface area contributed by atoms with E-state index in [4.69, 9.17) is 4.74 Å². The average Bonchev–Trinajstić information content (AvgIpc) is 3.15. The van der Waals surface area contributed by atoms with Gasteiger partial charge in [-0.25, -0.2) is 0 Å². The van der Waals surface area contributed by atoms with Crippen LogP contribution in [0.4, 0.5) is 0 Å². The van der Waals surface area contributed by atoms with Gasteiger partial charge in [0.25, 0.3) is 0 Å². The summed E-state index contributed by atoms with van der Waals surface area (Å²) >= 11 is 0. The predicted octanol–water partition coefficient (Wildman–Crippen LogP) is 5.77. The van der Waals surface area contributed by atoms with Gasteiger partial charge in [-0.15, -0.1) is 0 Å². The number of nitrogens with zero attached hydrogens (tertiary/aromatic N) is 1. The molecule has 1 aliphatic rings. The molecule has 2 aromatic carbocycles. The third kappa shape index (κ3) is 4.59. The molecule has 3 heteroatoms. The van der Waals surface area contributed by atoms with Crippen LogP contribution in [-0.4, -0.2) is 36.1 Å². The summed E-state index contributed by atoms with van der Waals surface area (Å²) in [5.74, 6) is 1.68. The second-order valence-corrected chi connectivity index (χ2v) is 7.96. The van der Waals surface area contributed by atoms with Gasteiger partial charge in [-0.1, -0.05) is 30.3 Å². The second kappa shape index (κ2) is 9.29. The molecule has 0 radical (unpaired) electrons. The smallest absolute Gasteiger partial charge is 0.120 e. The highest BCUT2D eigenvalue weighted by molar-refractivity contribution is 5.84. The summed E-state index contributed by atoms with van der Waals surface area (Å²) in [6.45, 7) is 6.44. The number of aromatic amines is 1. The van der Waals surface area contributed by atoms with Gasteiger partial charge in [0.15, 0.2) is 0 Å². The van der Waals surface area contributed by atoms with E-state index in [1.54, 1.807) is 0 Å². The lowest BCUT2D eigenvalue weighted by atomic mass is 9.90. The maximum absolute atomic E-state index is 5.67. The third-order valence-electron chi connectivity index (χ3n) is 6.00. The molecule has 1 atom stereocenters. The Morgan fingerprint density at radius 3 is 2.86 bits per heavy atom. The minimum Gasteiger partial charge on any atom is -0.494 e. The number of benzene rings is 2. The van der Waals surface area contributed by atoms with E-state index >= 15 is 0 Å². The Hall–Kier alpha value is -2.26. The van der Waals surface area contributed by atoms with Crippen molar-refractivity contribution in [1.29, 1.82) is 0 Å². The van der Waals surface area contributed by atoms with Gasteiger partial charge in [-0.2, -0.15) is 0 Å². The minimum atomic E-state index is 0.709. The van der Waals surface area contributed by atoms with Crippen molar-refractivity contribution in [1.82, 2.24) is 9.88 Å². The Kier molecular flexibility index (Phi) is 6.33. The Labute approximate surface area is 168 Å². The molecule has 1 unspecified atom stereocenters. The van der Waals surface area contributed by atoms with Crippen molar-refractivity contribution in [2.45, 2.75) is 44.9 Å². The van der Waals surface area contributed by atoms with Crippen molar-refractivity contribution in [3.63, 3.8) is 0 Å². The summed E-state index contributed by atoms with van der Waals surface area (Å²) < 4.78 is 5.67. The highest BCUT2D eigenvalue weighted by atomic mass is 16.5. The van der Waals surface area contributed by atoms with E-state index in [1.165, 1.54) is 67.3 Å². The lowest BCUT2D eigenvalue weighted by Gasteiger charge is -2.33. The molecule has 1 N–H and O–H groups in total. The van der Waals surface area contributed by atoms with E-state index in [-0.39, 0.29) is 0 Å². The van der Waals surface area contributed by atoms with Gasteiger partial charge in [0, 0.05) is 23.6 Å². The van der Waals surface area contributed by atoms with E-state index in [0.29, 0.717) is 12.5 Å². The number of fused-ring (bicyclic) bond motifs is 1. The number of piperidine rings is 1. The quantitative estimate of drug-likeness (QED) is 0.506. The molecule has 0 bridgehead atoms. The highest BCUT2D eigenvalue weighted by Crippen LogP contribution is 2.27. The number of likely N-dealkylation sites (tertiary alicyclic amines) is 1. The lowest BCUT2D eigenvalue weighted by Crippen LogP contribution is -2.35. The number of aryl methyl sites for hydroxylation is 1. The van der Waals surface area contributed by atoms with Crippen molar-refractivity contribution in [2.24, 2.45) is 0 Å². The molecule has 0 spiro atoms. The van der Waals surface area contributed by atoms with Crippen LogP contribution < -0.4 is 4.74 Å². The normalized spacial score (nSPS) is 17.8. The number of nitrogens with one attached hydrogen (secondary N) is 1. The van der Waals surface area contributed by atoms with E-state index in [2.05, 4.69) is 58.5 Å². The monoisotopic (exact) mass is 376 g/mol. The van der Waals surface area contributed by atoms with Crippen LogP contribution in [0.25, 0.3) is 10.9 Å². The molecule has 3 aromatic rings. The summed E-state index contributed by atoms with van der Waals surface area (Å²) in [5.41, 5.74) is 4.13. The molecular formula is C25H32N2O. The number of hydrogen-bond acceptors (Lipinski definition) is 2. The number of rotatable bonds is 8. The minimum absolute atomic E-state index is 0.709. The number of unbranched alkanes of at least 4 members (excludes halogenated alkanes) is 1. The van der Waals surface area contributed by atoms with Gasteiger partial charge in [0.1, 0.15) is 5.75 Å². The highest BCUT2D eigenvalue weighted by Gasteiger charge is 2.20. The van der Waals surface area contributed by atoms with Gasteiger partial charge >= 0.3 is 0 Å². The van der Waals surface area contributed by atoms with Crippen LogP contribution >= 0.6 is 0 Å². The molecule has 3 nitrogen and oxygen atoms in total. The van der Waals surface area contributed by atoms with Gasteiger partial charge in [-0.3, -0.25) is 0 Å². The predicted molar refractivity (Wildman–Crippen MR) is 117 cm³/mol. The molecule has 148 valence electrons. The molecule has 4 rings (SSSR count). The standard InChI is InChI=1S/C25H32N2O/c1-2-28-23-13-14-25-24(17-23)21(18-26-25)11-6-7-15-27-16-8-12-22(19-27)20-9-4-3-5-10-20/h3-5,9-10,13-14,17-18,22,26H,2,6-8,11-12,15-16,19H2,1H3. The fourth-order valence-electron chi connectivity index (χ4n) is 4.53. The molecule has 1 fully saturated rings. The molecule has 1 aromatic heterocycles. The SMILES string of the molecule is CCOc1ccc2[nH]cc(CCCCN3CCCC(c4ccccc4)C3)c2c1. The van der Waals surface area contributed by atoms with Crippen LogP contribution in [-0.2, 0) is 6.42 Å². The Morgan fingerprint density at radius 2 is 2.00 bits per heavy atom. The first-order valence-corrected chi connectivity index (χ1v) is 10.8. The van der Waals surface area contributed by atoms with E-state index in [0.717, 1.165) is 12.2 Å². The summed E-state index contributed by atoms with van der Waals surface area (Å²) in [6, 6.07) is 17.4. The summed E-state index contributed by atoms with van der Waals surface area (Å²) in [4.78, 5) is 6.08. The van der Waals surface area contributed by atoms with Crippen molar-refractivity contribution in [3.05, 3.63) is 65.9 Å². The number of hydrogen-bond donors (Lipinski definition) is 1. The lowest BCUT2D eigenvalue weighted by molar-refractivity contribution is 0.204. The first kappa shape index (κ1) is 19.1. The largest absolute Gasteiger partial charge is 0.494 e. The first-order valence-electron chi connectivity index (χ1n) is 10.8. The van der Waals surface area contributed by atoms with E-state index in [9.17, 15) is 0 Å². The average molecular weight is 377 g/mol. The Bertz CT molecular complexity index is 871. The van der Waals surface area contributed by atoms with Crippen molar-refractivity contribution in [3.8, 4) is 5.75 Å². The van der Waals surface area contributed by atoms with Crippen LogP contribution in [0, 0.1) is 0 Å². The van der Waals surface area contributed by atoms with Crippen LogP contribution in [0.5, 0.6) is 5.75 Å². The number of H-pyrrole nitrogens is 1. The molecule has 1 saturated heterocycles. The second-order valence-electron chi connectivity index (χ2n) is 7.96. The molecule has 0 amide bonds. The molecule has 0 aliphatic carbocycles. The fourth-order valence-corrected chi connectivity index (χ4v) is 4.53. The fraction of sp³-hybridized carbons (Fsp3) is 0.440. The van der Waals surface area contributed by atoms with Gasteiger partial charge in [0.05, 0.1) is 6.61 Å². The Morgan fingerprint density at radius 1 is 1.11 bits per heavy atom. The zero-order valence-electron chi connectivity index (χ0n) is 17.0.